The molecule has 1 saturated carbocycles. The van der Waals surface area contributed by atoms with E-state index in [-0.39, 0.29) is 19.0 Å². The molecule has 1 aromatic heterocycles. The zero-order chi connectivity index (χ0) is 19.6. The summed E-state index contributed by atoms with van der Waals surface area (Å²) < 4.78 is 0. The van der Waals surface area contributed by atoms with Gasteiger partial charge in [0.1, 0.15) is 17.5 Å². The molecule has 1 fully saturated rings. The van der Waals surface area contributed by atoms with Gasteiger partial charge < -0.3 is 15.7 Å². The lowest BCUT2D eigenvalue weighted by molar-refractivity contribution is -0.0511. The highest BCUT2D eigenvalue weighted by molar-refractivity contribution is 6.42. The standard InChI is InChI=1S/C19H21Cl2N5O.H2/c1-19(2)15(8-16(19)27)25-17-12(9-22)10-24-18(26-17)23-6-5-11-3-4-13(20)14(21)7-11;/h3-4,7,10,15-16,27H,5-6,8H2,1-2H3,(H2,23,24,25,26);1H/t15-,16+;/m1./s1. The third kappa shape index (κ3) is 4.27. The lowest BCUT2D eigenvalue weighted by Gasteiger charge is -2.49. The van der Waals surface area contributed by atoms with Crippen molar-refractivity contribution in [1.82, 2.24) is 9.97 Å². The Bertz CT molecular complexity index is 887. The van der Waals surface area contributed by atoms with E-state index in [1.165, 1.54) is 6.20 Å². The van der Waals surface area contributed by atoms with Crippen molar-refractivity contribution in [3.8, 4) is 6.07 Å². The van der Waals surface area contributed by atoms with Crippen LogP contribution >= 0.6 is 23.2 Å². The molecule has 1 aliphatic rings. The smallest absolute Gasteiger partial charge is 0.224 e. The summed E-state index contributed by atoms with van der Waals surface area (Å²) >= 11 is 12.0. The molecule has 2 aromatic rings. The summed E-state index contributed by atoms with van der Waals surface area (Å²) in [5.74, 6) is 0.920. The fraction of sp³-hybridized carbons (Fsp3) is 0.421. The van der Waals surface area contributed by atoms with Crippen molar-refractivity contribution in [3.63, 3.8) is 0 Å². The molecule has 1 aliphatic carbocycles. The highest BCUT2D eigenvalue weighted by Crippen LogP contribution is 2.42. The van der Waals surface area contributed by atoms with Crippen LogP contribution in [0.2, 0.25) is 10.0 Å². The second kappa shape index (κ2) is 7.89. The van der Waals surface area contributed by atoms with Crippen LogP contribution in [-0.4, -0.2) is 33.8 Å². The van der Waals surface area contributed by atoms with E-state index in [9.17, 15) is 10.4 Å². The molecule has 0 aliphatic heterocycles. The van der Waals surface area contributed by atoms with Crippen molar-refractivity contribution in [1.29, 1.82) is 5.26 Å². The van der Waals surface area contributed by atoms with Crippen molar-refractivity contribution in [2.45, 2.75) is 38.8 Å². The monoisotopic (exact) mass is 407 g/mol. The molecule has 0 spiro atoms. The minimum Gasteiger partial charge on any atom is -0.392 e. The number of aliphatic hydroxyl groups is 1. The van der Waals surface area contributed by atoms with E-state index in [4.69, 9.17) is 23.2 Å². The SMILES string of the molecule is CC1(C)[C@@H](O)C[C@H]1Nc1nc(NCCc2ccc(Cl)c(Cl)c2)ncc1C#N.[HH]. The van der Waals surface area contributed by atoms with E-state index in [1.54, 1.807) is 6.07 Å². The lowest BCUT2D eigenvalue weighted by Crippen LogP contribution is -2.57. The Kier molecular flexibility index (Phi) is 5.75. The average molecular weight is 408 g/mol. The first-order valence-corrected chi connectivity index (χ1v) is 9.46. The maximum atomic E-state index is 9.90. The topological polar surface area (TPSA) is 93.9 Å². The molecule has 27 heavy (non-hydrogen) atoms. The first-order valence-electron chi connectivity index (χ1n) is 8.71. The molecule has 3 N–H and O–H groups in total. The Morgan fingerprint density at radius 1 is 1.37 bits per heavy atom. The molecule has 144 valence electrons. The molecule has 0 unspecified atom stereocenters. The molecule has 1 heterocycles. The van der Waals surface area contributed by atoms with Crippen molar-refractivity contribution in [3.05, 3.63) is 45.6 Å². The van der Waals surface area contributed by atoms with Gasteiger partial charge in [0.05, 0.1) is 22.3 Å². The number of hydrogen-bond acceptors (Lipinski definition) is 6. The summed E-state index contributed by atoms with van der Waals surface area (Å²) in [5.41, 5.74) is 1.16. The fourth-order valence-electron chi connectivity index (χ4n) is 2.99. The number of hydrogen-bond donors (Lipinski definition) is 3. The summed E-state index contributed by atoms with van der Waals surface area (Å²) in [6.07, 6.45) is 2.50. The van der Waals surface area contributed by atoms with Gasteiger partial charge in [0, 0.05) is 19.4 Å². The van der Waals surface area contributed by atoms with Gasteiger partial charge in [-0.2, -0.15) is 10.2 Å². The third-order valence-electron chi connectivity index (χ3n) is 5.12. The van der Waals surface area contributed by atoms with Gasteiger partial charge >= 0.3 is 0 Å². The van der Waals surface area contributed by atoms with Crippen LogP contribution in [0.4, 0.5) is 11.8 Å². The molecular formula is C19H23Cl2N5O. The minimum absolute atomic E-state index is 0. The molecule has 3 rings (SSSR count). The van der Waals surface area contributed by atoms with Gasteiger partial charge in [-0.25, -0.2) is 4.98 Å². The van der Waals surface area contributed by atoms with Crippen LogP contribution in [0.1, 0.15) is 32.8 Å². The zero-order valence-corrected chi connectivity index (χ0v) is 16.6. The molecule has 0 amide bonds. The van der Waals surface area contributed by atoms with E-state index >= 15 is 0 Å². The number of anilines is 2. The van der Waals surface area contributed by atoms with Gasteiger partial charge in [-0.3, -0.25) is 0 Å². The summed E-state index contributed by atoms with van der Waals surface area (Å²) in [7, 11) is 0. The van der Waals surface area contributed by atoms with E-state index in [2.05, 4.69) is 26.7 Å². The van der Waals surface area contributed by atoms with Crippen LogP contribution in [-0.2, 0) is 6.42 Å². The second-order valence-corrected chi connectivity index (χ2v) is 8.08. The number of rotatable bonds is 6. The Hall–Kier alpha value is -2.07. The molecule has 8 heteroatoms. The highest BCUT2D eigenvalue weighted by Gasteiger charge is 2.47. The normalized spacial score (nSPS) is 20.4. The summed E-state index contributed by atoms with van der Waals surface area (Å²) in [5, 5.41) is 26.7. The number of nitrogens with zero attached hydrogens (tertiary/aromatic N) is 3. The summed E-state index contributed by atoms with van der Waals surface area (Å²) in [4.78, 5) is 8.63. The number of aliphatic hydroxyl groups excluding tert-OH is 1. The van der Waals surface area contributed by atoms with E-state index in [0.717, 1.165) is 12.0 Å². The van der Waals surface area contributed by atoms with Crippen LogP contribution in [0.15, 0.2) is 24.4 Å². The van der Waals surface area contributed by atoms with Crippen LogP contribution < -0.4 is 10.6 Å². The molecule has 1 aromatic carbocycles. The summed E-state index contributed by atoms with van der Waals surface area (Å²) in [6.45, 7) is 4.59. The van der Waals surface area contributed by atoms with Crippen molar-refractivity contribution >= 4 is 35.0 Å². The lowest BCUT2D eigenvalue weighted by atomic mass is 9.64. The number of aromatic nitrogens is 2. The van der Waals surface area contributed by atoms with Gasteiger partial charge in [0.15, 0.2) is 0 Å². The fourth-order valence-corrected chi connectivity index (χ4v) is 3.31. The van der Waals surface area contributed by atoms with Crippen molar-refractivity contribution < 1.29 is 6.53 Å². The maximum Gasteiger partial charge on any atom is 0.224 e. The Morgan fingerprint density at radius 3 is 2.78 bits per heavy atom. The largest absolute Gasteiger partial charge is 0.392 e. The highest BCUT2D eigenvalue weighted by atomic mass is 35.5. The van der Waals surface area contributed by atoms with Gasteiger partial charge in [0.2, 0.25) is 5.95 Å². The van der Waals surface area contributed by atoms with Crippen LogP contribution in [0, 0.1) is 16.7 Å². The molecular weight excluding hydrogens is 385 g/mol. The molecule has 6 nitrogen and oxygen atoms in total. The first-order chi connectivity index (χ1) is 12.8. The molecule has 0 radical (unpaired) electrons. The third-order valence-corrected chi connectivity index (χ3v) is 5.86. The number of benzene rings is 1. The first kappa shape index (κ1) is 19.7. The Labute approximate surface area is 170 Å². The van der Waals surface area contributed by atoms with Crippen LogP contribution in [0.5, 0.6) is 0 Å². The molecule has 2 atom stereocenters. The van der Waals surface area contributed by atoms with E-state index in [1.807, 2.05) is 26.0 Å². The minimum atomic E-state index is -0.355. The predicted octanol–water partition coefficient (Wildman–Crippen LogP) is 4.13. The van der Waals surface area contributed by atoms with Crippen LogP contribution in [0.25, 0.3) is 0 Å². The second-order valence-electron chi connectivity index (χ2n) is 7.26. The average Bonchev–Trinajstić information content (AvgIpc) is 2.64. The Morgan fingerprint density at radius 2 is 2.15 bits per heavy atom. The van der Waals surface area contributed by atoms with Gasteiger partial charge in [-0.1, -0.05) is 43.1 Å². The number of nitriles is 1. The molecule has 0 saturated heterocycles. The van der Waals surface area contributed by atoms with Crippen LogP contribution in [0.3, 0.4) is 0 Å². The van der Waals surface area contributed by atoms with E-state index in [0.29, 0.717) is 40.3 Å². The number of halogens is 2. The number of nitrogens with one attached hydrogen (secondary N) is 2. The van der Waals surface area contributed by atoms with Gasteiger partial charge in [-0.05, 0) is 30.5 Å². The predicted molar refractivity (Wildman–Crippen MR) is 109 cm³/mol. The van der Waals surface area contributed by atoms with Crippen molar-refractivity contribution in [2.24, 2.45) is 5.41 Å². The Balaban J connectivity index is 0.00000280. The summed E-state index contributed by atoms with van der Waals surface area (Å²) in [6, 6.07) is 7.69. The maximum absolute atomic E-state index is 9.90. The quantitative estimate of drug-likeness (QED) is 0.666. The van der Waals surface area contributed by atoms with Crippen molar-refractivity contribution in [2.75, 3.05) is 17.2 Å². The zero-order valence-electron chi connectivity index (χ0n) is 15.1. The van der Waals surface area contributed by atoms with E-state index < -0.39 is 0 Å². The molecule has 0 bridgehead atoms. The van der Waals surface area contributed by atoms with Gasteiger partial charge in [-0.15, -0.1) is 0 Å². The van der Waals surface area contributed by atoms with Gasteiger partial charge in [0.25, 0.3) is 0 Å².